The quantitative estimate of drug-likeness (QED) is 0.540. The second-order valence-electron chi connectivity index (χ2n) is 7.07. The van der Waals surface area contributed by atoms with Gasteiger partial charge in [-0.15, -0.1) is 11.8 Å². The Morgan fingerprint density at radius 3 is 2.57 bits per heavy atom. The number of carbonyl (C=O) groups excluding carboxylic acids is 1. The van der Waals surface area contributed by atoms with Crippen molar-refractivity contribution in [1.82, 2.24) is 4.31 Å². The highest BCUT2D eigenvalue weighted by Gasteiger charge is 2.33. The molecule has 0 unspecified atom stereocenters. The van der Waals surface area contributed by atoms with E-state index in [0.29, 0.717) is 35.0 Å². The van der Waals surface area contributed by atoms with Gasteiger partial charge < -0.3 is 5.32 Å². The van der Waals surface area contributed by atoms with E-state index in [0.717, 1.165) is 16.3 Å². The van der Waals surface area contributed by atoms with E-state index in [4.69, 9.17) is 23.2 Å². The zero-order valence-electron chi connectivity index (χ0n) is 16.6. The van der Waals surface area contributed by atoms with Crippen molar-refractivity contribution >= 4 is 56.6 Å². The highest BCUT2D eigenvalue weighted by molar-refractivity contribution is 7.99. The molecule has 1 aliphatic rings. The van der Waals surface area contributed by atoms with Gasteiger partial charge >= 0.3 is 0 Å². The first-order chi connectivity index (χ1) is 14.3. The summed E-state index contributed by atoms with van der Waals surface area (Å²) in [6, 6.07) is 12.6. The van der Waals surface area contributed by atoms with Crippen LogP contribution in [0.3, 0.4) is 0 Å². The van der Waals surface area contributed by atoms with Gasteiger partial charge in [0, 0.05) is 33.6 Å². The van der Waals surface area contributed by atoms with Crippen LogP contribution >= 0.6 is 35.0 Å². The maximum Gasteiger partial charge on any atom is 0.228 e. The SMILES string of the molecule is CCSc1ccccc1NC(=O)[C@@H]1CCCN(S(=O)(=O)Cc2c(Cl)cccc2Cl)C1. The molecule has 0 radical (unpaired) electrons. The predicted octanol–water partition coefficient (Wildman–Crippen LogP) is 5.29. The van der Waals surface area contributed by atoms with Gasteiger partial charge in [0.2, 0.25) is 15.9 Å². The lowest BCUT2D eigenvalue weighted by Crippen LogP contribution is -2.44. The fourth-order valence-corrected chi connectivity index (χ4v) is 6.56. The normalized spacial score (nSPS) is 17.6. The van der Waals surface area contributed by atoms with Crippen molar-refractivity contribution in [2.75, 3.05) is 24.2 Å². The van der Waals surface area contributed by atoms with Crippen molar-refractivity contribution in [3.8, 4) is 0 Å². The molecule has 1 saturated heterocycles. The molecule has 2 aromatic carbocycles. The van der Waals surface area contributed by atoms with Crippen molar-refractivity contribution in [3.63, 3.8) is 0 Å². The molecule has 0 aliphatic carbocycles. The van der Waals surface area contributed by atoms with Crippen molar-refractivity contribution in [3.05, 3.63) is 58.1 Å². The fourth-order valence-electron chi connectivity index (χ4n) is 3.44. The van der Waals surface area contributed by atoms with Crippen molar-refractivity contribution in [2.45, 2.75) is 30.4 Å². The molecule has 3 rings (SSSR count). The lowest BCUT2D eigenvalue weighted by atomic mass is 9.99. The van der Waals surface area contributed by atoms with Gasteiger partial charge in [-0.25, -0.2) is 12.7 Å². The van der Waals surface area contributed by atoms with Crippen LogP contribution in [-0.4, -0.2) is 37.5 Å². The molecule has 1 fully saturated rings. The van der Waals surface area contributed by atoms with Gasteiger partial charge in [-0.05, 0) is 42.9 Å². The zero-order chi connectivity index (χ0) is 21.7. The summed E-state index contributed by atoms with van der Waals surface area (Å²) in [5.74, 6) is 0.0488. The van der Waals surface area contributed by atoms with E-state index in [-0.39, 0.29) is 18.2 Å². The number of piperidine rings is 1. The minimum Gasteiger partial charge on any atom is -0.325 e. The largest absolute Gasteiger partial charge is 0.325 e. The number of benzene rings is 2. The lowest BCUT2D eigenvalue weighted by molar-refractivity contribution is -0.120. The summed E-state index contributed by atoms with van der Waals surface area (Å²) in [6.45, 7) is 2.59. The average molecular weight is 487 g/mol. The van der Waals surface area contributed by atoms with Gasteiger partial charge in [0.25, 0.3) is 0 Å². The molecule has 162 valence electrons. The third-order valence-electron chi connectivity index (χ3n) is 4.98. The Hall–Kier alpha value is -1.25. The third-order valence-corrected chi connectivity index (χ3v) is 8.42. The van der Waals surface area contributed by atoms with Crippen molar-refractivity contribution in [2.24, 2.45) is 5.92 Å². The molecule has 5 nitrogen and oxygen atoms in total. The van der Waals surface area contributed by atoms with Gasteiger partial charge in [-0.2, -0.15) is 0 Å². The number of thioether (sulfide) groups is 1. The third kappa shape index (κ3) is 5.71. The van der Waals surface area contributed by atoms with Crippen LogP contribution in [0.25, 0.3) is 0 Å². The number of halogens is 2. The minimum atomic E-state index is -3.66. The number of rotatable bonds is 7. The molecule has 1 aliphatic heterocycles. The molecule has 1 amide bonds. The van der Waals surface area contributed by atoms with E-state index in [1.165, 1.54) is 4.31 Å². The number of sulfonamides is 1. The van der Waals surface area contributed by atoms with Crippen LogP contribution in [0.1, 0.15) is 25.3 Å². The maximum absolute atomic E-state index is 13.0. The molecule has 0 bridgehead atoms. The van der Waals surface area contributed by atoms with Crippen molar-refractivity contribution < 1.29 is 13.2 Å². The standard InChI is InChI=1S/C21H24Cl2N2O3S2/c1-2-29-20-11-4-3-10-19(20)24-21(26)15-7-6-12-25(13-15)30(27,28)14-16-17(22)8-5-9-18(16)23/h3-5,8-11,15H,2,6-7,12-14H2,1H3,(H,24,26)/t15-/m1/s1. The first-order valence-electron chi connectivity index (χ1n) is 9.75. The number of anilines is 1. The maximum atomic E-state index is 13.0. The first kappa shape index (κ1) is 23.4. The molecule has 1 heterocycles. The van der Waals surface area contributed by atoms with Crippen LogP contribution in [0.15, 0.2) is 47.4 Å². The Labute approximate surface area is 192 Å². The van der Waals surface area contributed by atoms with E-state index in [2.05, 4.69) is 12.2 Å². The smallest absolute Gasteiger partial charge is 0.228 e. The Morgan fingerprint density at radius 1 is 1.17 bits per heavy atom. The minimum absolute atomic E-state index is 0.152. The molecule has 2 aromatic rings. The van der Waals surface area contributed by atoms with Gasteiger partial charge in [-0.3, -0.25) is 4.79 Å². The molecule has 0 spiro atoms. The van der Waals surface area contributed by atoms with Gasteiger partial charge in [0.1, 0.15) is 0 Å². The van der Waals surface area contributed by atoms with Gasteiger partial charge in [0.15, 0.2) is 0 Å². The number of carbonyl (C=O) groups is 1. The predicted molar refractivity (Wildman–Crippen MR) is 125 cm³/mol. The Bertz CT molecular complexity index is 995. The summed E-state index contributed by atoms with van der Waals surface area (Å²) in [5, 5.41) is 3.62. The number of nitrogens with one attached hydrogen (secondary N) is 1. The monoisotopic (exact) mass is 486 g/mol. The van der Waals surface area contributed by atoms with Crippen LogP contribution in [0.4, 0.5) is 5.69 Å². The summed E-state index contributed by atoms with van der Waals surface area (Å²) in [7, 11) is -3.66. The zero-order valence-corrected chi connectivity index (χ0v) is 19.8. The fraction of sp³-hybridized carbons (Fsp3) is 0.381. The summed E-state index contributed by atoms with van der Waals surface area (Å²) < 4.78 is 27.4. The summed E-state index contributed by atoms with van der Waals surface area (Å²) >= 11 is 14.0. The summed E-state index contributed by atoms with van der Waals surface area (Å²) in [6.07, 6.45) is 1.27. The molecule has 9 heteroatoms. The molecule has 1 N–H and O–H groups in total. The number of amides is 1. The van der Waals surface area contributed by atoms with Crippen LogP contribution in [0.5, 0.6) is 0 Å². The van der Waals surface area contributed by atoms with E-state index in [1.54, 1.807) is 30.0 Å². The molecular weight excluding hydrogens is 463 g/mol. The number of hydrogen-bond donors (Lipinski definition) is 1. The summed E-state index contributed by atoms with van der Waals surface area (Å²) in [4.78, 5) is 13.9. The van der Waals surface area contributed by atoms with E-state index in [9.17, 15) is 13.2 Å². The van der Waals surface area contributed by atoms with Gasteiger partial charge in [-0.1, -0.05) is 48.3 Å². The molecule has 30 heavy (non-hydrogen) atoms. The van der Waals surface area contributed by atoms with Crippen molar-refractivity contribution in [1.29, 1.82) is 0 Å². The Kier molecular flexibility index (Phi) is 8.10. The second kappa shape index (κ2) is 10.4. The molecule has 0 saturated carbocycles. The highest BCUT2D eigenvalue weighted by Crippen LogP contribution is 2.30. The summed E-state index contributed by atoms with van der Waals surface area (Å²) in [5.41, 5.74) is 1.15. The van der Waals surface area contributed by atoms with Crippen LogP contribution < -0.4 is 5.32 Å². The van der Waals surface area contributed by atoms with E-state index < -0.39 is 15.9 Å². The van der Waals surface area contributed by atoms with Gasteiger partial charge in [0.05, 0.1) is 17.4 Å². The van der Waals surface area contributed by atoms with E-state index >= 15 is 0 Å². The lowest BCUT2D eigenvalue weighted by Gasteiger charge is -2.31. The molecule has 1 atom stereocenters. The van der Waals surface area contributed by atoms with Crippen LogP contribution in [0, 0.1) is 5.92 Å². The van der Waals surface area contributed by atoms with E-state index in [1.807, 2.05) is 24.3 Å². The highest BCUT2D eigenvalue weighted by atomic mass is 35.5. The number of hydrogen-bond acceptors (Lipinski definition) is 4. The molecular formula is C21H24Cl2N2O3S2. The second-order valence-corrected chi connectivity index (χ2v) is 11.2. The number of nitrogens with zero attached hydrogens (tertiary/aromatic N) is 1. The topological polar surface area (TPSA) is 66.5 Å². The van der Waals surface area contributed by atoms with Crippen LogP contribution in [-0.2, 0) is 20.6 Å². The first-order valence-corrected chi connectivity index (χ1v) is 13.1. The molecule has 0 aromatic heterocycles. The average Bonchev–Trinajstić information content (AvgIpc) is 2.72. The Balaban J connectivity index is 1.71. The van der Waals surface area contributed by atoms with Crippen LogP contribution in [0.2, 0.25) is 10.0 Å². The number of para-hydroxylation sites is 1. The Morgan fingerprint density at radius 2 is 1.87 bits per heavy atom.